The Morgan fingerprint density at radius 3 is 2.75 bits per heavy atom. The number of nitrogens with zero attached hydrogens (tertiary/aromatic N) is 2. The van der Waals surface area contributed by atoms with Gasteiger partial charge in [-0.05, 0) is 18.6 Å². The molecular formula is C14H14N4O2. The van der Waals surface area contributed by atoms with Crippen LogP contribution in [0.15, 0.2) is 36.0 Å². The highest BCUT2D eigenvalue weighted by atomic mass is 16.3. The summed E-state index contributed by atoms with van der Waals surface area (Å²) in [4.78, 5) is 11.9. The minimum Gasteiger partial charge on any atom is -0.396 e. The fourth-order valence-electron chi connectivity index (χ4n) is 1.38. The van der Waals surface area contributed by atoms with Crippen LogP contribution in [0.25, 0.3) is 0 Å². The van der Waals surface area contributed by atoms with E-state index in [9.17, 15) is 4.79 Å². The number of hydrogen-bond acceptors (Lipinski definition) is 5. The minimum absolute atomic E-state index is 0.0322. The standard InChI is InChI=1S/C14H14N4O2/c15-8-11-4-1-2-5-13(11)18-14(20)12(9-16)10-17-6-3-7-19/h1-2,4-5,10,17,19H,3,6-7H2,(H,18,20)/b12-10-. The van der Waals surface area contributed by atoms with Crippen LogP contribution in [0, 0.1) is 22.7 Å². The number of anilines is 1. The van der Waals surface area contributed by atoms with Gasteiger partial charge in [0.15, 0.2) is 0 Å². The number of nitriles is 2. The van der Waals surface area contributed by atoms with Crippen molar-refractivity contribution in [1.82, 2.24) is 5.32 Å². The highest BCUT2D eigenvalue weighted by molar-refractivity contribution is 6.07. The van der Waals surface area contributed by atoms with E-state index in [0.717, 1.165) is 0 Å². The second-order valence-corrected chi connectivity index (χ2v) is 3.81. The van der Waals surface area contributed by atoms with Crippen LogP contribution in [-0.2, 0) is 4.79 Å². The van der Waals surface area contributed by atoms with Gasteiger partial charge in [-0.25, -0.2) is 0 Å². The van der Waals surface area contributed by atoms with Crippen molar-refractivity contribution in [3.63, 3.8) is 0 Å². The lowest BCUT2D eigenvalue weighted by molar-refractivity contribution is -0.112. The van der Waals surface area contributed by atoms with Crippen molar-refractivity contribution >= 4 is 11.6 Å². The van der Waals surface area contributed by atoms with E-state index in [0.29, 0.717) is 24.2 Å². The number of carbonyl (C=O) groups excluding carboxylic acids is 1. The zero-order chi connectivity index (χ0) is 14.8. The summed E-state index contributed by atoms with van der Waals surface area (Å²) in [5.41, 5.74) is 0.582. The van der Waals surface area contributed by atoms with Gasteiger partial charge in [-0.15, -0.1) is 0 Å². The third kappa shape index (κ3) is 4.45. The van der Waals surface area contributed by atoms with Crippen LogP contribution < -0.4 is 10.6 Å². The third-order valence-electron chi connectivity index (χ3n) is 2.39. The number of hydrogen-bond donors (Lipinski definition) is 3. The van der Waals surface area contributed by atoms with Crippen LogP contribution in [0.1, 0.15) is 12.0 Å². The first kappa shape index (κ1) is 15.2. The zero-order valence-corrected chi connectivity index (χ0v) is 10.8. The average Bonchev–Trinajstić information content (AvgIpc) is 2.48. The van der Waals surface area contributed by atoms with Crippen molar-refractivity contribution < 1.29 is 9.90 Å². The molecule has 0 bridgehead atoms. The Balaban J connectivity index is 2.74. The van der Waals surface area contributed by atoms with Crippen LogP contribution in [0.2, 0.25) is 0 Å². The Morgan fingerprint density at radius 2 is 2.10 bits per heavy atom. The largest absolute Gasteiger partial charge is 0.396 e. The molecule has 1 rings (SSSR count). The van der Waals surface area contributed by atoms with Gasteiger partial charge in [0.25, 0.3) is 5.91 Å². The molecule has 102 valence electrons. The second-order valence-electron chi connectivity index (χ2n) is 3.81. The van der Waals surface area contributed by atoms with E-state index in [2.05, 4.69) is 10.6 Å². The van der Waals surface area contributed by atoms with E-state index >= 15 is 0 Å². The number of aliphatic hydroxyl groups is 1. The van der Waals surface area contributed by atoms with Crippen molar-refractivity contribution in [2.24, 2.45) is 0 Å². The first-order valence-corrected chi connectivity index (χ1v) is 5.98. The van der Waals surface area contributed by atoms with Crippen molar-refractivity contribution in [1.29, 1.82) is 10.5 Å². The fourth-order valence-corrected chi connectivity index (χ4v) is 1.38. The van der Waals surface area contributed by atoms with E-state index < -0.39 is 5.91 Å². The highest BCUT2D eigenvalue weighted by Crippen LogP contribution is 2.14. The summed E-state index contributed by atoms with van der Waals surface area (Å²) >= 11 is 0. The Morgan fingerprint density at radius 1 is 1.35 bits per heavy atom. The van der Waals surface area contributed by atoms with E-state index in [-0.39, 0.29) is 12.2 Å². The fraction of sp³-hybridized carbons (Fsp3) is 0.214. The van der Waals surface area contributed by atoms with Gasteiger partial charge in [0, 0.05) is 19.4 Å². The topological polar surface area (TPSA) is 109 Å². The number of carbonyl (C=O) groups is 1. The lowest BCUT2D eigenvalue weighted by atomic mass is 10.2. The maximum absolute atomic E-state index is 11.9. The van der Waals surface area contributed by atoms with Gasteiger partial charge in [-0.3, -0.25) is 4.79 Å². The molecule has 1 aromatic carbocycles. The smallest absolute Gasteiger partial charge is 0.267 e. The lowest BCUT2D eigenvalue weighted by Gasteiger charge is -2.06. The van der Waals surface area contributed by atoms with Gasteiger partial charge in [-0.1, -0.05) is 12.1 Å². The lowest BCUT2D eigenvalue weighted by Crippen LogP contribution is -2.18. The van der Waals surface area contributed by atoms with E-state index in [1.807, 2.05) is 6.07 Å². The van der Waals surface area contributed by atoms with Gasteiger partial charge in [-0.2, -0.15) is 10.5 Å². The van der Waals surface area contributed by atoms with E-state index in [1.54, 1.807) is 30.3 Å². The first-order chi connectivity index (χ1) is 9.72. The molecule has 0 aromatic heterocycles. The van der Waals surface area contributed by atoms with Gasteiger partial charge in [0.05, 0.1) is 11.3 Å². The molecule has 3 N–H and O–H groups in total. The van der Waals surface area contributed by atoms with Crippen LogP contribution in [0.4, 0.5) is 5.69 Å². The van der Waals surface area contributed by atoms with Crippen LogP contribution in [0.5, 0.6) is 0 Å². The van der Waals surface area contributed by atoms with Crippen molar-refractivity contribution in [3.8, 4) is 12.1 Å². The van der Waals surface area contributed by atoms with Gasteiger partial charge >= 0.3 is 0 Å². The molecule has 6 heteroatoms. The molecule has 0 atom stereocenters. The zero-order valence-electron chi connectivity index (χ0n) is 10.8. The Kier molecular flexibility index (Phi) is 6.32. The predicted octanol–water partition coefficient (Wildman–Crippen LogP) is 0.876. The molecule has 0 saturated heterocycles. The molecule has 1 aromatic rings. The van der Waals surface area contributed by atoms with E-state index in [1.165, 1.54) is 6.20 Å². The molecule has 0 aliphatic carbocycles. The number of aliphatic hydroxyl groups excluding tert-OH is 1. The number of benzene rings is 1. The third-order valence-corrected chi connectivity index (χ3v) is 2.39. The molecule has 0 spiro atoms. The summed E-state index contributed by atoms with van der Waals surface area (Å²) in [5, 5.41) is 31.7. The summed E-state index contributed by atoms with van der Waals surface area (Å²) < 4.78 is 0. The maximum atomic E-state index is 11.9. The molecule has 0 aliphatic rings. The quantitative estimate of drug-likeness (QED) is 0.404. The van der Waals surface area contributed by atoms with Crippen LogP contribution in [0.3, 0.4) is 0 Å². The Labute approximate surface area is 117 Å². The maximum Gasteiger partial charge on any atom is 0.267 e. The van der Waals surface area contributed by atoms with Gasteiger partial charge < -0.3 is 15.7 Å². The summed E-state index contributed by atoms with van der Waals surface area (Å²) in [6.45, 7) is 0.494. The van der Waals surface area contributed by atoms with Crippen molar-refractivity contribution in [2.45, 2.75) is 6.42 Å². The molecule has 0 aliphatic heterocycles. The molecule has 0 fully saturated rings. The normalized spacial score (nSPS) is 10.2. The summed E-state index contributed by atoms with van der Waals surface area (Å²) in [5.74, 6) is -0.591. The van der Waals surface area contributed by atoms with Crippen LogP contribution in [-0.4, -0.2) is 24.2 Å². The van der Waals surface area contributed by atoms with Gasteiger partial charge in [0.2, 0.25) is 0 Å². The number of rotatable bonds is 6. The molecule has 0 heterocycles. The van der Waals surface area contributed by atoms with E-state index in [4.69, 9.17) is 15.6 Å². The van der Waals surface area contributed by atoms with Crippen LogP contribution >= 0.6 is 0 Å². The highest BCUT2D eigenvalue weighted by Gasteiger charge is 2.11. The minimum atomic E-state index is -0.591. The predicted molar refractivity (Wildman–Crippen MR) is 73.2 cm³/mol. The molecule has 20 heavy (non-hydrogen) atoms. The average molecular weight is 270 g/mol. The molecule has 0 radical (unpaired) electrons. The Hall–Kier alpha value is -2.83. The van der Waals surface area contributed by atoms with Crippen molar-refractivity contribution in [2.75, 3.05) is 18.5 Å². The van der Waals surface area contributed by atoms with Gasteiger partial charge in [0.1, 0.15) is 17.7 Å². The summed E-state index contributed by atoms with van der Waals surface area (Å²) in [6.07, 6.45) is 1.81. The second kappa shape index (κ2) is 8.30. The monoisotopic (exact) mass is 270 g/mol. The SMILES string of the molecule is N#C/C(=C/NCCCO)C(=O)Nc1ccccc1C#N. The molecule has 6 nitrogen and oxygen atoms in total. The number of amides is 1. The molecular weight excluding hydrogens is 256 g/mol. The Bertz CT molecular complexity index is 582. The molecule has 1 amide bonds. The molecule has 0 unspecified atom stereocenters. The molecule has 0 saturated carbocycles. The summed E-state index contributed by atoms with van der Waals surface area (Å²) in [7, 11) is 0. The van der Waals surface area contributed by atoms with Crippen molar-refractivity contribution in [3.05, 3.63) is 41.6 Å². The number of nitrogens with one attached hydrogen (secondary N) is 2. The summed E-state index contributed by atoms with van der Waals surface area (Å²) in [6, 6.07) is 10.3. The number of para-hydroxylation sites is 1. The first-order valence-electron chi connectivity index (χ1n) is 5.98.